The Hall–Kier alpha value is -0.0800. The highest BCUT2D eigenvalue weighted by atomic mass is 16.5. The summed E-state index contributed by atoms with van der Waals surface area (Å²) in [5, 5.41) is 0. The lowest BCUT2D eigenvalue weighted by Crippen LogP contribution is -2.52. The van der Waals surface area contributed by atoms with Crippen molar-refractivity contribution in [3.63, 3.8) is 0 Å². The Labute approximate surface area is 113 Å². The first-order valence-electron chi connectivity index (χ1n) is 7.94. The van der Waals surface area contributed by atoms with Crippen LogP contribution in [0.15, 0.2) is 0 Å². The molecule has 0 N–H and O–H groups in total. The van der Waals surface area contributed by atoms with E-state index in [9.17, 15) is 0 Å². The number of nitrogens with zero attached hydrogens (tertiary/aromatic N) is 1. The zero-order valence-corrected chi connectivity index (χ0v) is 12.7. The Morgan fingerprint density at radius 1 is 1.28 bits per heavy atom. The van der Waals surface area contributed by atoms with E-state index in [-0.39, 0.29) is 5.60 Å². The van der Waals surface area contributed by atoms with Crippen molar-refractivity contribution in [1.82, 2.24) is 4.90 Å². The number of rotatable bonds is 3. The predicted molar refractivity (Wildman–Crippen MR) is 76.8 cm³/mol. The second-order valence-corrected chi connectivity index (χ2v) is 6.85. The van der Waals surface area contributed by atoms with E-state index in [2.05, 4.69) is 32.6 Å². The van der Waals surface area contributed by atoms with Gasteiger partial charge in [-0.2, -0.15) is 0 Å². The highest BCUT2D eigenvalue weighted by molar-refractivity contribution is 4.93. The Kier molecular flexibility index (Phi) is 4.71. The van der Waals surface area contributed by atoms with Gasteiger partial charge in [-0.15, -0.1) is 0 Å². The second kappa shape index (κ2) is 5.92. The maximum atomic E-state index is 6.34. The largest absolute Gasteiger partial charge is 0.375 e. The number of ether oxygens (including phenoxy) is 1. The van der Waals surface area contributed by atoms with Crippen LogP contribution in [0.25, 0.3) is 0 Å². The molecule has 2 saturated heterocycles. The molecule has 2 aliphatic rings. The van der Waals surface area contributed by atoms with E-state index in [1.807, 2.05) is 0 Å². The van der Waals surface area contributed by atoms with Crippen molar-refractivity contribution in [2.24, 2.45) is 11.8 Å². The first-order chi connectivity index (χ1) is 8.56. The molecule has 0 radical (unpaired) electrons. The third kappa shape index (κ3) is 3.08. The van der Waals surface area contributed by atoms with Crippen molar-refractivity contribution in [3.8, 4) is 0 Å². The van der Waals surface area contributed by atoms with E-state index in [1.54, 1.807) is 0 Å². The van der Waals surface area contributed by atoms with E-state index in [0.717, 1.165) is 18.4 Å². The first kappa shape index (κ1) is 14.3. The highest BCUT2D eigenvalue weighted by Gasteiger charge is 2.42. The molecule has 0 aromatic carbocycles. The van der Waals surface area contributed by atoms with Gasteiger partial charge in [-0.25, -0.2) is 0 Å². The van der Waals surface area contributed by atoms with E-state index in [4.69, 9.17) is 4.74 Å². The van der Waals surface area contributed by atoms with Gasteiger partial charge in [-0.05, 0) is 51.4 Å². The van der Waals surface area contributed by atoms with Gasteiger partial charge >= 0.3 is 0 Å². The highest BCUT2D eigenvalue weighted by Crippen LogP contribution is 2.41. The van der Waals surface area contributed by atoms with E-state index in [1.165, 1.54) is 45.2 Å². The maximum absolute atomic E-state index is 6.34. The molecular formula is C16H31NO. The predicted octanol–water partition coefficient (Wildman–Crippen LogP) is 3.70. The summed E-state index contributed by atoms with van der Waals surface area (Å²) < 4.78 is 6.34. The molecule has 2 unspecified atom stereocenters. The second-order valence-electron chi connectivity index (χ2n) is 6.85. The number of hydrogen-bond acceptors (Lipinski definition) is 2. The fourth-order valence-electron chi connectivity index (χ4n) is 3.80. The van der Waals surface area contributed by atoms with E-state index in [0.29, 0.717) is 6.04 Å². The molecule has 2 heterocycles. The molecule has 2 nitrogen and oxygen atoms in total. The van der Waals surface area contributed by atoms with Crippen molar-refractivity contribution in [2.45, 2.75) is 71.4 Å². The number of piperidine rings is 1. The Morgan fingerprint density at radius 3 is 2.44 bits per heavy atom. The SMILES string of the molecule is CCCC1COC2(CCN(C(C)C)CC2)CC1C. The minimum absolute atomic E-state index is 0.231. The van der Waals surface area contributed by atoms with Crippen molar-refractivity contribution in [2.75, 3.05) is 19.7 Å². The summed E-state index contributed by atoms with van der Waals surface area (Å²) in [7, 11) is 0. The third-order valence-electron chi connectivity index (χ3n) is 5.20. The van der Waals surface area contributed by atoms with Crippen LogP contribution >= 0.6 is 0 Å². The number of hydrogen-bond donors (Lipinski definition) is 0. The van der Waals surface area contributed by atoms with Gasteiger partial charge in [-0.1, -0.05) is 20.3 Å². The van der Waals surface area contributed by atoms with Crippen molar-refractivity contribution < 1.29 is 4.74 Å². The van der Waals surface area contributed by atoms with Gasteiger partial charge < -0.3 is 9.64 Å². The summed E-state index contributed by atoms with van der Waals surface area (Å²) >= 11 is 0. The molecule has 0 aliphatic carbocycles. The van der Waals surface area contributed by atoms with Gasteiger partial charge in [-0.3, -0.25) is 0 Å². The third-order valence-corrected chi connectivity index (χ3v) is 5.20. The summed E-state index contributed by atoms with van der Waals surface area (Å²) in [6, 6.07) is 0.691. The molecule has 2 rings (SSSR count). The fraction of sp³-hybridized carbons (Fsp3) is 1.00. The summed E-state index contributed by atoms with van der Waals surface area (Å²) in [6.45, 7) is 12.8. The lowest BCUT2D eigenvalue weighted by atomic mass is 9.75. The first-order valence-corrected chi connectivity index (χ1v) is 7.94. The molecule has 0 aromatic rings. The molecule has 0 saturated carbocycles. The minimum atomic E-state index is 0.231. The van der Waals surface area contributed by atoms with Gasteiger partial charge in [0.2, 0.25) is 0 Å². The van der Waals surface area contributed by atoms with Crippen LogP contribution in [0.3, 0.4) is 0 Å². The van der Waals surface area contributed by atoms with Crippen LogP contribution in [0.4, 0.5) is 0 Å². The normalized spacial score (nSPS) is 33.2. The average molecular weight is 253 g/mol. The van der Waals surface area contributed by atoms with Crippen molar-refractivity contribution in [1.29, 1.82) is 0 Å². The monoisotopic (exact) mass is 253 g/mol. The van der Waals surface area contributed by atoms with Crippen LogP contribution in [0.2, 0.25) is 0 Å². The standard InChI is InChI=1S/C16H31NO/c1-5-6-15-12-18-16(11-14(15)4)7-9-17(10-8-16)13(2)3/h13-15H,5-12H2,1-4H3. The zero-order valence-electron chi connectivity index (χ0n) is 12.7. The molecule has 0 bridgehead atoms. The van der Waals surface area contributed by atoms with E-state index < -0.39 is 0 Å². The molecule has 2 atom stereocenters. The minimum Gasteiger partial charge on any atom is -0.375 e. The fourth-order valence-corrected chi connectivity index (χ4v) is 3.80. The average Bonchev–Trinajstić information content (AvgIpc) is 2.34. The Balaban J connectivity index is 1.88. The molecule has 0 amide bonds. The van der Waals surface area contributed by atoms with Gasteiger partial charge in [0.25, 0.3) is 0 Å². The van der Waals surface area contributed by atoms with Crippen LogP contribution in [-0.2, 0) is 4.74 Å². The van der Waals surface area contributed by atoms with Crippen LogP contribution in [-0.4, -0.2) is 36.2 Å². The summed E-state index contributed by atoms with van der Waals surface area (Å²) in [5.41, 5.74) is 0.231. The Bertz CT molecular complexity index is 256. The molecule has 1 spiro atoms. The van der Waals surface area contributed by atoms with Gasteiger partial charge in [0, 0.05) is 19.1 Å². The van der Waals surface area contributed by atoms with Crippen LogP contribution in [0, 0.1) is 11.8 Å². The maximum Gasteiger partial charge on any atom is 0.0709 e. The molecule has 0 aromatic heterocycles. The van der Waals surface area contributed by atoms with Gasteiger partial charge in [0.05, 0.1) is 12.2 Å². The topological polar surface area (TPSA) is 12.5 Å². The molecule has 2 aliphatic heterocycles. The summed E-state index contributed by atoms with van der Waals surface area (Å²) in [4.78, 5) is 2.59. The molecular weight excluding hydrogens is 222 g/mol. The van der Waals surface area contributed by atoms with Crippen molar-refractivity contribution >= 4 is 0 Å². The smallest absolute Gasteiger partial charge is 0.0709 e. The van der Waals surface area contributed by atoms with E-state index >= 15 is 0 Å². The van der Waals surface area contributed by atoms with Crippen LogP contribution in [0.5, 0.6) is 0 Å². The van der Waals surface area contributed by atoms with Crippen molar-refractivity contribution in [3.05, 3.63) is 0 Å². The summed E-state index contributed by atoms with van der Waals surface area (Å²) in [6.07, 6.45) is 6.42. The van der Waals surface area contributed by atoms with Gasteiger partial charge in [0.1, 0.15) is 0 Å². The quantitative estimate of drug-likeness (QED) is 0.760. The lowest BCUT2D eigenvalue weighted by Gasteiger charge is -2.49. The Morgan fingerprint density at radius 2 is 1.94 bits per heavy atom. The molecule has 2 fully saturated rings. The molecule has 106 valence electrons. The van der Waals surface area contributed by atoms with Gasteiger partial charge in [0.15, 0.2) is 0 Å². The van der Waals surface area contributed by atoms with Crippen LogP contribution in [0.1, 0.15) is 59.8 Å². The molecule has 18 heavy (non-hydrogen) atoms. The number of likely N-dealkylation sites (tertiary alicyclic amines) is 1. The lowest BCUT2D eigenvalue weighted by molar-refractivity contribution is -0.149. The van der Waals surface area contributed by atoms with Crippen LogP contribution < -0.4 is 0 Å². The summed E-state index contributed by atoms with van der Waals surface area (Å²) in [5.74, 6) is 1.66. The molecule has 2 heteroatoms. The zero-order chi connectivity index (χ0) is 13.2.